The molecule has 0 aromatic heterocycles. The van der Waals surface area contributed by atoms with E-state index in [-0.39, 0.29) is 11.8 Å². The lowest BCUT2D eigenvalue weighted by Gasteiger charge is -2.09. The number of unbranched alkanes of at least 4 members (excludes halogenated alkanes) is 1. The molecule has 16 heavy (non-hydrogen) atoms. The topological polar surface area (TPSA) is 41.1 Å². The first-order valence-corrected chi connectivity index (χ1v) is 5.44. The Bertz CT molecular complexity index is 366. The van der Waals surface area contributed by atoms with Gasteiger partial charge in [0.15, 0.2) is 0 Å². The van der Waals surface area contributed by atoms with Crippen molar-refractivity contribution < 1.29 is 9.18 Å². The second-order valence-corrected chi connectivity index (χ2v) is 3.69. The third kappa shape index (κ3) is 3.88. The molecule has 1 rings (SSSR count). The highest BCUT2D eigenvalue weighted by Gasteiger charge is 2.04. The fourth-order valence-corrected chi connectivity index (χ4v) is 1.31. The van der Waals surface area contributed by atoms with Crippen molar-refractivity contribution in [2.45, 2.75) is 26.7 Å². The molecule has 0 unspecified atom stereocenters. The first kappa shape index (κ1) is 12.5. The second-order valence-electron chi connectivity index (χ2n) is 3.69. The van der Waals surface area contributed by atoms with Crippen molar-refractivity contribution in [2.24, 2.45) is 0 Å². The molecule has 0 bridgehead atoms. The van der Waals surface area contributed by atoms with Crippen LogP contribution in [0.4, 0.5) is 14.9 Å². The lowest BCUT2D eigenvalue weighted by molar-refractivity contribution is 0.252. The molecular formula is C12H17FN2O. The number of carbonyl (C=O) groups is 1. The number of carbonyl (C=O) groups excluding carboxylic acids is 1. The van der Waals surface area contributed by atoms with Crippen molar-refractivity contribution in [1.29, 1.82) is 0 Å². The van der Waals surface area contributed by atoms with E-state index in [1.165, 1.54) is 12.1 Å². The molecule has 0 saturated carbocycles. The van der Waals surface area contributed by atoms with Gasteiger partial charge in [-0.1, -0.05) is 13.3 Å². The number of halogens is 1. The highest BCUT2D eigenvalue weighted by atomic mass is 19.1. The molecule has 1 aromatic carbocycles. The van der Waals surface area contributed by atoms with Crippen LogP contribution in [0.15, 0.2) is 18.2 Å². The van der Waals surface area contributed by atoms with E-state index in [0.29, 0.717) is 17.8 Å². The Morgan fingerprint density at radius 1 is 1.44 bits per heavy atom. The van der Waals surface area contributed by atoms with Gasteiger partial charge < -0.3 is 10.6 Å². The van der Waals surface area contributed by atoms with Crippen molar-refractivity contribution in [2.75, 3.05) is 11.9 Å². The number of hydrogen-bond acceptors (Lipinski definition) is 1. The fraction of sp³-hybridized carbons (Fsp3) is 0.417. The summed E-state index contributed by atoms with van der Waals surface area (Å²) in [7, 11) is 0. The average Bonchev–Trinajstić information content (AvgIpc) is 2.23. The number of nitrogens with one attached hydrogen (secondary N) is 2. The van der Waals surface area contributed by atoms with Crippen molar-refractivity contribution in [3.63, 3.8) is 0 Å². The smallest absolute Gasteiger partial charge is 0.319 e. The summed E-state index contributed by atoms with van der Waals surface area (Å²) in [5, 5.41) is 5.41. The van der Waals surface area contributed by atoms with Crippen LogP contribution in [0.5, 0.6) is 0 Å². The molecule has 0 heterocycles. The molecule has 0 radical (unpaired) electrons. The van der Waals surface area contributed by atoms with Gasteiger partial charge in [-0.3, -0.25) is 0 Å². The van der Waals surface area contributed by atoms with Gasteiger partial charge in [-0.25, -0.2) is 9.18 Å². The fourth-order valence-electron chi connectivity index (χ4n) is 1.31. The summed E-state index contributed by atoms with van der Waals surface area (Å²) < 4.78 is 12.8. The van der Waals surface area contributed by atoms with Crippen LogP contribution >= 0.6 is 0 Å². The van der Waals surface area contributed by atoms with Crippen molar-refractivity contribution in [3.8, 4) is 0 Å². The van der Waals surface area contributed by atoms with Crippen molar-refractivity contribution in [3.05, 3.63) is 29.6 Å². The van der Waals surface area contributed by atoms with Crippen LogP contribution in [-0.4, -0.2) is 12.6 Å². The van der Waals surface area contributed by atoms with Crippen LogP contribution in [0.2, 0.25) is 0 Å². The Morgan fingerprint density at radius 2 is 2.19 bits per heavy atom. The Morgan fingerprint density at radius 3 is 2.81 bits per heavy atom. The summed E-state index contributed by atoms with van der Waals surface area (Å²) in [6.45, 7) is 4.47. The Kier molecular flexibility index (Phi) is 4.76. The van der Waals surface area contributed by atoms with E-state index in [9.17, 15) is 9.18 Å². The van der Waals surface area contributed by atoms with Crippen LogP contribution in [0.3, 0.4) is 0 Å². The maximum absolute atomic E-state index is 12.8. The molecule has 0 aliphatic carbocycles. The van der Waals surface area contributed by atoms with Crippen LogP contribution in [-0.2, 0) is 0 Å². The molecular weight excluding hydrogens is 207 g/mol. The van der Waals surface area contributed by atoms with Gasteiger partial charge in [0, 0.05) is 12.2 Å². The predicted molar refractivity (Wildman–Crippen MR) is 63.1 cm³/mol. The SMILES string of the molecule is CCCCNC(=O)Nc1ccc(F)cc1C. The summed E-state index contributed by atoms with van der Waals surface area (Å²) in [6, 6.07) is 4.03. The number of aryl methyl sites for hydroxylation is 1. The molecule has 0 atom stereocenters. The van der Waals surface area contributed by atoms with Gasteiger partial charge in [0.2, 0.25) is 0 Å². The van der Waals surface area contributed by atoms with Crippen LogP contribution in [0.25, 0.3) is 0 Å². The van der Waals surface area contributed by atoms with Gasteiger partial charge in [0.1, 0.15) is 5.82 Å². The lowest BCUT2D eigenvalue weighted by Crippen LogP contribution is -2.29. The molecule has 3 nitrogen and oxygen atoms in total. The monoisotopic (exact) mass is 224 g/mol. The van der Waals surface area contributed by atoms with Gasteiger partial charge in [-0.15, -0.1) is 0 Å². The Labute approximate surface area is 95.0 Å². The molecule has 2 N–H and O–H groups in total. The average molecular weight is 224 g/mol. The van der Waals surface area contributed by atoms with Crippen molar-refractivity contribution in [1.82, 2.24) is 5.32 Å². The summed E-state index contributed by atoms with van der Waals surface area (Å²) >= 11 is 0. The maximum atomic E-state index is 12.8. The third-order valence-corrected chi connectivity index (χ3v) is 2.25. The normalized spacial score (nSPS) is 9.94. The van der Waals surface area contributed by atoms with E-state index in [4.69, 9.17) is 0 Å². The van der Waals surface area contributed by atoms with Crippen LogP contribution < -0.4 is 10.6 Å². The maximum Gasteiger partial charge on any atom is 0.319 e. The molecule has 4 heteroatoms. The van der Waals surface area contributed by atoms with Crippen LogP contribution in [0, 0.1) is 12.7 Å². The first-order valence-electron chi connectivity index (χ1n) is 5.44. The van der Waals surface area contributed by atoms with Gasteiger partial charge in [0.05, 0.1) is 0 Å². The molecule has 0 aliphatic rings. The molecule has 88 valence electrons. The summed E-state index contributed by atoms with van der Waals surface area (Å²) in [6.07, 6.45) is 1.99. The summed E-state index contributed by atoms with van der Waals surface area (Å²) in [5.41, 5.74) is 1.35. The van der Waals surface area contributed by atoms with E-state index in [1.807, 2.05) is 0 Å². The standard InChI is InChI=1S/C12H17FN2O/c1-3-4-7-14-12(16)15-11-6-5-10(13)8-9(11)2/h5-6,8H,3-4,7H2,1-2H3,(H2,14,15,16). The predicted octanol–water partition coefficient (Wildman–Crippen LogP) is 3.06. The Hall–Kier alpha value is -1.58. The number of rotatable bonds is 4. The first-order chi connectivity index (χ1) is 7.63. The van der Waals surface area contributed by atoms with E-state index in [0.717, 1.165) is 12.8 Å². The zero-order valence-corrected chi connectivity index (χ0v) is 9.64. The number of urea groups is 1. The van der Waals surface area contributed by atoms with Gasteiger partial charge in [0.25, 0.3) is 0 Å². The second kappa shape index (κ2) is 6.10. The van der Waals surface area contributed by atoms with E-state index in [2.05, 4.69) is 17.6 Å². The summed E-state index contributed by atoms with van der Waals surface area (Å²) in [4.78, 5) is 11.4. The van der Waals surface area contributed by atoms with E-state index < -0.39 is 0 Å². The summed E-state index contributed by atoms with van der Waals surface area (Å²) in [5.74, 6) is -0.297. The van der Waals surface area contributed by atoms with Gasteiger partial charge >= 0.3 is 6.03 Å². The minimum absolute atomic E-state index is 0.247. The minimum atomic E-state index is -0.297. The minimum Gasteiger partial charge on any atom is -0.338 e. The highest BCUT2D eigenvalue weighted by molar-refractivity contribution is 5.89. The Balaban J connectivity index is 2.49. The zero-order chi connectivity index (χ0) is 12.0. The molecule has 2 amide bonds. The number of benzene rings is 1. The molecule has 0 aliphatic heterocycles. The molecule has 1 aromatic rings. The quantitative estimate of drug-likeness (QED) is 0.758. The number of hydrogen-bond donors (Lipinski definition) is 2. The van der Waals surface area contributed by atoms with Crippen molar-refractivity contribution >= 4 is 11.7 Å². The molecule has 0 saturated heterocycles. The zero-order valence-electron chi connectivity index (χ0n) is 9.64. The number of amides is 2. The van der Waals surface area contributed by atoms with E-state index >= 15 is 0 Å². The van der Waals surface area contributed by atoms with Gasteiger partial charge in [-0.2, -0.15) is 0 Å². The molecule has 0 fully saturated rings. The molecule has 0 spiro atoms. The van der Waals surface area contributed by atoms with E-state index in [1.54, 1.807) is 13.0 Å². The van der Waals surface area contributed by atoms with Crippen LogP contribution in [0.1, 0.15) is 25.3 Å². The third-order valence-electron chi connectivity index (χ3n) is 2.25. The lowest BCUT2D eigenvalue weighted by atomic mass is 10.2. The highest BCUT2D eigenvalue weighted by Crippen LogP contribution is 2.15. The number of anilines is 1. The largest absolute Gasteiger partial charge is 0.338 e. The van der Waals surface area contributed by atoms with Gasteiger partial charge in [-0.05, 0) is 37.1 Å².